The minimum Gasteiger partial charge on any atom is -0.352 e. The molecule has 3 aromatic carbocycles. The van der Waals surface area contributed by atoms with Crippen molar-refractivity contribution in [1.29, 1.82) is 0 Å². The molecule has 0 aliphatic rings. The molecule has 0 spiro atoms. The lowest BCUT2D eigenvalue weighted by atomic mass is 10.1. The number of hydrogen-bond donors (Lipinski definition) is 1. The maximum absolute atomic E-state index is 13.7. The number of halogens is 2. The van der Waals surface area contributed by atoms with Crippen LogP contribution in [0.5, 0.6) is 0 Å². The van der Waals surface area contributed by atoms with E-state index in [2.05, 4.69) is 21.2 Å². The number of carbonyl (C=O) groups is 2. The molecule has 2 amide bonds. The highest BCUT2D eigenvalue weighted by atomic mass is 79.9. The van der Waals surface area contributed by atoms with Gasteiger partial charge in [-0.3, -0.25) is 13.9 Å². The molecular formula is C27H29BrFN3O4S. The summed E-state index contributed by atoms with van der Waals surface area (Å²) < 4.78 is 42.5. The van der Waals surface area contributed by atoms with Gasteiger partial charge in [-0.1, -0.05) is 46.3 Å². The number of benzene rings is 3. The molecule has 1 N–H and O–H groups in total. The molecular weight excluding hydrogens is 561 g/mol. The van der Waals surface area contributed by atoms with Crippen molar-refractivity contribution in [2.75, 3.05) is 10.8 Å². The van der Waals surface area contributed by atoms with E-state index >= 15 is 0 Å². The lowest BCUT2D eigenvalue weighted by Crippen LogP contribution is -2.52. The number of anilines is 1. The zero-order valence-electron chi connectivity index (χ0n) is 20.8. The van der Waals surface area contributed by atoms with Gasteiger partial charge in [0.15, 0.2) is 0 Å². The molecule has 3 rings (SSSR count). The lowest BCUT2D eigenvalue weighted by Gasteiger charge is -2.32. The van der Waals surface area contributed by atoms with Crippen molar-refractivity contribution >= 4 is 43.5 Å². The third kappa shape index (κ3) is 7.39. The Morgan fingerprint density at radius 1 is 0.946 bits per heavy atom. The number of nitrogens with zero attached hydrogens (tertiary/aromatic N) is 2. The third-order valence-electron chi connectivity index (χ3n) is 5.56. The van der Waals surface area contributed by atoms with E-state index in [-0.39, 0.29) is 29.1 Å². The van der Waals surface area contributed by atoms with Crippen LogP contribution in [0.1, 0.15) is 26.3 Å². The Morgan fingerprint density at radius 3 is 2.19 bits per heavy atom. The zero-order chi connectivity index (χ0) is 27.2. The van der Waals surface area contributed by atoms with Crippen LogP contribution in [0.2, 0.25) is 0 Å². The van der Waals surface area contributed by atoms with E-state index in [9.17, 15) is 22.4 Å². The van der Waals surface area contributed by atoms with E-state index in [1.165, 1.54) is 4.90 Å². The van der Waals surface area contributed by atoms with E-state index in [4.69, 9.17) is 0 Å². The second-order valence-corrected chi connectivity index (χ2v) is 11.6. The Hall–Kier alpha value is -3.24. The molecule has 0 aliphatic heterocycles. The molecule has 0 unspecified atom stereocenters. The molecule has 0 radical (unpaired) electrons. The Bertz CT molecular complexity index is 1340. The molecule has 0 aromatic heterocycles. The summed E-state index contributed by atoms with van der Waals surface area (Å²) in [6.45, 7) is 4.77. The van der Waals surface area contributed by atoms with E-state index in [0.717, 1.165) is 38.6 Å². The Labute approximate surface area is 225 Å². The third-order valence-corrected chi connectivity index (χ3v) is 7.85. The zero-order valence-corrected chi connectivity index (χ0v) is 23.2. The summed E-state index contributed by atoms with van der Waals surface area (Å²) in [6.07, 6.45) is 0. The van der Waals surface area contributed by atoms with Crippen LogP contribution in [0, 0.1) is 5.82 Å². The van der Waals surface area contributed by atoms with Crippen molar-refractivity contribution in [3.8, 4) is 0 Å². The SMILES string of the molecule is CC(C)NC(=O)[C@@H](C)N(Cc1cccc(Br)c1)C(=O)CN(c1ccccc1)S(=O)(=O)c1ccc(F)cc1. The summed E-state index contributed by atoms with van der Waals surface area (Å²) in [5, 5.41) is 2.81. The molecule has 0 aliphatic carbocycles. The summed E-state index contributed by atoms with van der Waals surface area (Å²) >= 11 is 3.42. The number of carbonyl (C=O) groups excluding carboxylic acids is 2. The van der Waals surface area contributed by atoms with Gasteiger partial charge < -0.3 is 10.2 Å². The normalized spacial score (nSPS) is 12.2. The number of para-hydroxylation sites is 1. The van der Waals surface area contributed by atoms with Gasteiger partial charge in [0.25, 0.3) is 10.0 Å². The average molecular weight is 591 g/mol. The summed E-state index contributed by atoms with van der Waals surface area (Å²) in [5.41, 5.74) is 1.03. The van der Waals surface area contributed by atoms with E-state index in [1.807, 2.05) is 38.1 Å². The van der Waals surface area contributed by atoms with Gasteiger partial charge in [-0.25, -0.2) is 12.8 Å². The van der Waals surface area contributed by atoms with Crippen LogP contribution in [-0.4, -0.2) is 43.8 Å². The molecule has 196 valence electrons. The minimum atomic E-state index is -4.23. The average Bonchev–Trinajstić information content (AvgIpc) is 2.85. The predicted octanol–water partition coefficient (Wildman–Crippen LogP) is 4.73. The molecule has 0 saturated carbocycles. The molecule has 0 heterocycles. The Balaban J connectivity index is 2.00. The van der Waals surface area contributed by atoms with Crippen LogP contribution < -0.4 is 9.62 Å². The fourth-order valence-corrected chi connectivity index (χ4v) is 5.54. The Kier molecular flexibility index (Phi) is 9.45. The van der Waals surface area contributed by atoms with Crippen molar-refractivity contribution in [2.24, 2.45) is 0 Å². The number of rotatable bonds is 10. The number of nitrogens with one attached hydrogen (secondary N) is 1. The number of hydrogen-bond acceptors (Lipinski definition) is 4. The maximum atomic E-state index is 13.7. The van der Waals surface area contributed by atoms with Gasteiger partial charge in [0.05, 0.1) is 10.6 Å². The molecule has 0 saturated heterocycles. The van der Waals surface area contributed by atoms with Crippen molar-refractivity contribution < 1.29 is 22.4 Å². The van der Waals surface area contributed by atoms with Crippen LogP contribution >= 0.6 is 15.9 Å². The topological polar surface area (TPSA) is 86.8 Å². The fourth-order valence-electron chi connectivity index (χ4n) is 3.68. The minimum absolute atomic E-state index is 0.0875. The van der Waals surface area contributed by atoms with Crippen LogP contribution in [0.25, 0.3) is 0 Å². The highest BCUT2D eigenvalue weighted by Crippen LogP contribution is 2.25. The van der Waals surface area contributed by atoms with Crippen LogP contribution in [0.3, 0.4) is 0 Å². The van der Waals surface area contributed by atoms with E-state index in [1.54, 1.807) is 37.3 Å². The molecule has 10 heteroatoms. The van der Waals surface area contributed by atoms with E-state index in [0.29, 0.717) is 0 Å². The molecule has 7 nitrogen and oxygen atoms in total. The first-order chi connectivity index (χ1) is 17.5. The first-order valence-electron chi connectivity index (χ1n) is 11.7. The second-order valence-electron chi connectivity index (χ2n) is 8.79. The van der Waals surface area contributed by atoms with Crippen molar-refractivity contribution in [3.05, 3.63) is 94.7 Å². The molecule has 37 heavy (non-hydrogen) atoms. The van der Waals surface area contributed by atoms with Gasteiger partial charge in [0.2, 0.25) is 11.8 Å². The molecule has 0 bridgehead atoms. The quantitative estimate of drug-likeness (QED) is 0.370. The Morgan fingerprint density at radius 2 is 1.59 bits per heavy atom. The van der Waals surface area contributed by atoms with E-state index < -0.39 is 34.3 Å². The van der Waals surface area contributed by atoms with Crippen molar-refractivity contribution in [3.63, 3.8) is 0 Å². The largest absolute Gasteiger partial charge is 0.352 e. The highest BCUT2D eigenvalue weighted by molar-refractivity contribution is 9.10. The molecule has 1 atom stereocenters. The van der Waals surface area contributed by atoms with Gasteiger partial charge in [-0.15, -0.1) is 0 Å². The maximum Gasteiger partial charge on any atom is 0.264 e. The molecule has 0 fully saturated rings. The van der Waals surface area contributed by atoms with Gasteiger partial charge in [-0.05, 0) is 74.9 Å². The van der Waals surface area contributed by atoms with Crippen LogP contribution in [0.4, 0.5) is 10.1 Å². The second kappa shape index (κ2) is 12.3. The van der Waals surface area contributed by atoms with Gasteiger partial charge >= 0.3 is 0 Å². The first-order valence-corrected chi connectivity index (χ1v) is 13.9. The standard InChI is InChI=1S/C27H29BrFN3O4S/c1-19(2)30-27(34)20(3)31(17-21-8-7-9-22(28)16-21)26(33)18-32(24-10-5-4-6-11-24)37(35,36)25-14-12-23(29)13-15-25/h4-16,19-20H,17-18H2,1-3H3,(H,30,34)/t20-/m1/s1. The summed E-state index contributed by atoms with van der Waals surface area (Å²) in [5.74, 6) is -1.50. The van der Waals surface area contributed by atoms with Crippen LogP contribution in [0.15, 0.2) is 88.2 Å². The monoisotopic (exact) mass is 589 g/mol. The highest BCUT2D eigenvalue weighted by Gasteiger charge is 2.32. The first kappa shape index (κ1) is 28.3. The van der Waals surface area contributed by atoms with Gasteiger partial charge in [-0.2, -0.15) is 0 Å². The summed E-state index contributed by atoms with van der Waals surface area (Å²) in [7, 11) is -4.23. The molecule has 3 aromatic rings. The number of amides is 2. The number of sulfonamides is 1. The van der Waals surface area contributed by atoms with Crippen LogP contribution in [-0.2, 0) is 26.2 Å². The van der Waals surface area contributed by atoms with Gasteiger partial charge in [0.1, 0.15) is 18.4 Å². The summed E-state index contributed by atoms with van der Waals surface area (Å²) in [4.78, 5) is 27.8. The smallest absolute Gasteiger partial charge is 0.264 e. The van der Waals surface area contributed by atoms with Crippen molar-refractivity contribution in [1.82, 2.24) is 10.2 Å². The lowest BCUT2D eigenvalue weighted by molar-refractivity contribution is -0.139. The van der Waals surface area contributed by atoms with Gasteiger partial charge in [0, 0.05) is 17.1 Å². The fraction of sp³-hybridized carbons (Fsp3) is 0.259. The summed E-state index contributed by atoms with van der Waals surface area (Å²) in [6, 6.07) is 18.9. The predicted molar refractivity (Wildman–Crippen MR) is 145 cm³/mol. The van der Waals surface area contributed by atoms with Crippen molar-refractivity contribution in [2.45, 2.75) is 44.3 Å².